The number of carbonyl (C=O) groups is 1. The van der Waals surface area contributed by atoms with Crippen LogP contribution in [0.25, 0.3) is 11.1 Å². The van der Waals surface area contributed by atoms with Gasteiger partial charge >= 0.3 is 0 Å². The molecule has 0 spiro atoms. The van der Waals surface area contributed by atoms with E-state index in [1.54, 1.807) is 7.11 Å². The zero-order valence-corrected chi connectivity index (χ0v) is 15.0. The Kier molecular flexibility index (Phi) is 5.73. The fourth-order valence-corrected chi connectivity index (χ4v) is 3.36. The third-order valence-corrected chi connectivity index (χ3v) is 4.56. The van der Waals surface area contributed by atoms with E-state index in [9.17, 15) is 4.79 Å². The van der Waals surface area contributed by atoms with E-state index >= 15 is 0 Å². The van der Waals surface area contributed by atoms with Gasteiger partial charge in [-0.05, 0) is 30.7 Å². The summed E-state index contributed by atoms with van der Waals surface area (Å²) in [5, 5.41) is 3.55. The summed E-state index contributed by atoms with van der Waals surface area (Å²) in [4.78, 5) is 16.9. The number of para-hydroxylation sites is 2. The Bertz CT molecular complexity index is 830. The fraction of sp³-hybridized carbons (Fsp3) is 0.263. The molecule has 0 aliphatic rings. The van der Waals surface area contributed by atoms with Crippen molar-refractivity contribution in [3.05, 3.63) is 59.7 Å². The molecule has 0 radical (unpaired) electrons. The van der Waals surface area contributed by atoms with Crippen molar-refractivity contribution in [2.75, 3.05) is 13.7 Å². The zero-order valence-electron chi connectivity index (χ0n) is 14.2. The number of fused-ring (bicyclic) bond motifs is 1. The Labute approximate surface area is 150 Å². The smallest absolute Gasteiger partial charge is 0.257 e. The van der Waals surface area contributed by atoms with Crippen LogP contribution in [-0.4, -0.2) is 30.6 Å². The number of aromatic nitrogens is 1. The van der Waals surface area contributed by atoms with E-state index in [1.165, 1.54) is 11.8 Å². The number of benzene rings is 2. The van der Waals surface area contributed by atoms with Crippen LogP contribution in [0.1, 0.15) is 22.8 Å². The normalized spacial score (nSPS) is 12.2. The Hall–Kier alpha value is -2.31. The maximum atomic E-state index is 12.5. The number of ether oxygens (including phenoxy) is 1. The van der Waals surface area contributed by atoms with Crippen LogP contribution < -0.4 is 5.32 Å². The molecule has 1 heterocycles. The van der Waals surface area contributed by atoms with E-state index in [-0.39, 0.29) is 11.9 Å². The second-order valence-electron chi connectivity index (χ2n) is 5.72. The Morgan fingerprint density at radius 3 is 2.80 bits per heavy atom. The molecular weight excluding hydrogens is 336 g/mol. The monoisotopic (exact) mass is 356 g/mol. The lowest BCUT2D eigenvalue weighted by molar-refractivity contribution is 0.0905. The molecule has 2 aromatic carbocycles. The molecule has 3 aromatic rings. The van der Waals surface area contributed by atoms with Crippen molar-refractivity contribution in [3.8, 4) is 0 Å². The number of rotatable bonds is 7. The molecule has 1 atom stereocenters. The highest BCUT2D eigenvalue weighted by Gasteiger charge is 2.14. The van der Waals surface area contributed by atoms with Crippen LogP contribution in [0.4, 0.5) is 0 Å². The Morgan fingerprint density at radius 1 is 1.24 bits per heavy atom. The second kappa shape index (κ2) is 8.18. The molecular formula is C19H20N2O3S. The summed E-state index contributed by atoms with van der Waals surface area (Å²) in [5.74, 6) is 0.507. The average Bonchev–Trinajstić information content (AvgIpc) is 3.03. The van der Waals surface area contributed by atoms with E-state index < -0.39 is 0 Å². The van der Waals surface area contributed by atoms with Crippen molar-refractivity contribution in [2.45, 2.75) is 23.9 Å². The molecule has 25 heavy (non-hydrogen) atoms. The third-order valence-electron chi connectivity index (χ3n) is 3.68. The quantitative estimate of drug-likeness (QED) is 0.651. The first-order valence-electron chi connectivity index (χ1n) is 8.03. The molecule has 1 amide bonds. The molecule has 1 unspecified atom stereocenters. The molecule has 0 saturated heterocycles. The van der Waals surface area contributed by atoms with E-state index in [2.05, 4.69) is 10.3 Å². The first-order chi connectivity index (χ1) is 12.2. The summed E-state index contributed by atoms with van der Waals surface area (Å²) in [6.07, 6.45) is 0. The number of hydrogen-bond acceptors (Lipinski definition) is 5. The molecule has 1 aromatic heterocycles. The second-order valence-corrected chi connectivity index (χ2v) is 6.65. The predicted molar refractivity (Wildman–Crippen MR) is 98.8 cm³/mol. The summed E-state index contributed by atoms with van der Waals surface area (Å²) in [7, 11) is 1.62. The number of amides is 1. The van der Waals surface area contributed by atoms with Crippen molar-refractivity contribution < 1.29 is 13.9 Å². The lowest BCUT2D eigenvalue weighted by Gasteiger charge is -2.14. The Balaban J connectivity index is 1.71. The SMILES string of the molecule is COCC(C)NC(=O)c1ccccc1CSc1nc2ccccc2o1. The van der Waals surface area contributed by atoms with Crippen molar-refractivity contribution in [1.29, 1.82) is 0 Å². The van der Waals surface area contributed by atoms with Crippen LogP contribution in [0.5, 0.6) is 0 Å². The van der Waals surface area contributed by atoms with E-state index in [1.807, 2.05) is 55.5 Å². The van der Waals surface area contributed by atoms with Gasteiger partial charge in [0.25, 0.3) is 11.1 Å². The number of carbonyl (C=O) groups excluding carboxylic acids is 1. The zero-order chi connectivity index (χ0) is 17.6. The van der Waals surface area contributed by atoms with Gasteiger partial charge in [0.05, 0.1) is 6.61 Å². The number of oxazole rings is 1. The Morgan fingerprint density at radius 2 is 2.00 bits per heavy atom. The molecule has 0 aliphatic carbocycles. The highest BCUT2D eigenvalue weighted by Crippen LogP contribution is 2.27. The first kappa shape index (κ1) is 17.5. The summed E-state index contributed by atoms with van der Waals surface area (Å²) >= 11 is 1.48. The maximum absolute atomic E-state index is 12.5. The third kappa shape index (κ3) is 4.41. The highest BCUT2D eigenvalue weighted by molar-refractivity contribution is 7.98. The molecule has 6 heteroatoms. The summed E-state index contributed by atoms with van der Waals surface area (Å²) in [6.45, 7) is 2.39. The number of hydrogen-bond donors (Lipinski definition) is 1. The van der Waals surface area contributed by atoms with Gasteiger partial charge in [0.15, 0.2) is 5.58 Å². The van der Waals surface area contributed by atoms with E-state index in [0.717, 1.165) is 16.7 Å². The molecule has 0 bridgehead atoms. The minimum Gasteiger partial charge on any atom is -0.431 e. The first-order valence-corrected chi connectivity index (χ1v) is 9.02. The predicted octanol–water partition coefficient (Wildman–Crippen LogP) is 3.88. The van der Waals surface area contributed by atoms with Gasteiger partial charge in [-0.3, -0.25) is 4.79 Å². The van der Waals surface area contributed by atoms with Crippen molar-refractivity contribution in [2.24, 2.45) is 0 Å². The van der Waals surface area contributed by atoms with Gasteiger partial charge < -0.3 is 14.5 Å². The van der Waals surface area contributed by atoms with Crippen molar-refractivity contribution in [3.63, 3.8) is 0 Å². The van der Waals surface area contributed by atoms with Gasteiger partial charge in [-0.1, -0.05) is 42.1 Å². The molecule has 130 valence electrons. The molecule has 0 saturated carbocycles. The van der Waals surface area contributed by atoms with Gasteiger partial charge in [-0.15, -0.1) is 0 Å². The lowest BCUT2D eigenvalue weighted by atomic mass is 10.1. The van der Waals surface area contributed by atoms with Gasteiger partial charge in [-0.2, -0.15) is 0 Å². The highest BCUT2D eigenvalue weighted by atomic mass is 32.2. The van der Waals surface area contributed by atoms with Crippen molar-refractivity contribution in [1.82, 2.24) is 10.3 Å². The van der Waals surface area contributed by atoms with Crippen LogP contribution in [0, 0.1) is 0 Å². The van der Waals surface area contributed by atoms with Crippen LogP contribution in [0.2, 0.25) is 0 Å². The van der Waals surface area contributed by atoms with E-state index in [4.69, 9.17) is 9.15 Å². The molecule has 5 nitrogen and oxygen atoms in total. The van der Waals surface area contributed by atoms with Gasteiger partial charge in [0.2, 0.25) is 0 Å². The van der Waals surface area contributed by atoms with Gasteiger partial charge in [0.1, 0.15) is 5.52 Å². The summed E-state index contributed by atoms with van der Waals surface area (Å²) in [5.41, 5.74) is 3.21. The molecule has 1 N–H and O–H groups in total. The van der Waals surface area contributed by atoms with Crippen molar-refractivity contribution >= 4 is 28.8 Å². The topological polar surface area (TPSA) is 64.4 Å². The standard InChI is InChI=1S/C19H20N2O3S/c1-13(11-23-2)20-18(22)15-8-4-3-7-14(15)12-25-19-21-16-9-5-6-10-17(16)24-19/h3-10,13H,11-12H2,1-2H3,(H,20,22). The number of nitrogens with zero attached hydrogens (tertiary/aromatic N) is 1. The number of thioether (sulfide) groups is 1. The molecule has 3 rings (SSSR count). The summed E-state index contributed by atoms with van der Waals surface area (Å²) < 4.78 is 10.8. The fourth-order valence-electron chi connectivity index (χ4n) is 2.51. The average molecular weight is 356 g/mol. The number of methoxy groups -OCH3 is 1. The van der Waals surface area contributed by atoms with Gasteiger partial charge in [0, 0.05) is 24.5 Å². The minimum absolute atomic E-state index is 0.0461. The lowest BCUT2D eigenvalue weighted by Crippen LogP contribution is -2.36. The van der Waals surface area contributed by atoms with Crippen LogP contribution in [-0.2, 0) is 10.5 Å². The van der Waals surface area contributed by atoms with Gasteiger partial charge in [-0.25, -0.2) is 4.98 Å². The van der Waals surface area contributed by atoms with Crippen LogP contribution in [0.3, 0.4) is 0 Å². The summed E-state index contributed by atoms with van der Waals surface area (Å²) in [6, 6.07) is 15.2. The van der Waals surface area contributed by atoms with E-state index in [0.29, 0.717) is 23.1 Å². The molecule has 0 aliphatic heterocycles. The minimum atomic E-state index is -0.0988. The largest absolute Gasteiger partial charge is 0.431 e. The molecule has 0 fully saturated rings. The number of nitrogens with one attached hydrogen (secondary N) is 1. The van der Waals surface area contributed by atoms with Crippen LogP contribution in [0.15, 0.2) is 58.2 Å². The van der Waals surface area contributed by atoms with Crippen LogP contribution >= 0.6 is 11.8 Å². The maximum Gasteiger partial charge on any atom is 0.257 e.